The molecular formula is C16H15BrN2S. The Morgan fingerprint density at radius 2 is 2.25 bits per heavy atom. The van der Waals surface area contributed by atoms with Gasteiger partial charge in [0.05, 0.1) is 6.04 Å². The van der Waals surface area contributed by atoms with Crippen molar-refractivity contribution in [2.45, 2.75) is 13.0 Å². The number of hydrogen-bond acceptors (Lipinski definition) is 3. The number of pyridine rings is 1. The van der Waals surface area contributed by atoms with Crippen molar-refractivity contribution in [2.24, 2.45) is 0 Å². The van der Waals surface area contributed by atoms with Gasteiger partial charge in [-0.2, -0.15) is 0 Å². The van der Waals surface area contributed by atoms with Gasteiger partial charge in [-0.3, -0.25) is 4.98 Å². The van der Waals surface area contributed by atoms with E-state index in [1.54, 1.807) is 11.3 Å². The van der Waals surface area contributed by atoms with E-state index < -0.39 is 0 Å². The molecule has 0 saturated heterocycles. The third-order valence-electron chi connectivity index (χ3n) is 3.31. The number of nitrogens with zero attached hydrogens (tertiary/aromatic N) is 1. The van der Waals surface area contributed by atoms with E-state index in [0.29, 0.717) is 0 Å². The summed E-state index contributed by atoms with van der Waals surface area (Å²) in [7, 11) is 0. The minimum atomic E-state index is 0.224. The summed E-state index contributed by atoms with van der Waals surface area (Å²) in [5.41, 5.74) is 1.31. The van der Waals surface area contributed by atoms with Crippen molar-refractivity contribution in [3.05, 3.63) is 63.0 Å². The van der Waals surface area contributed by atoms with Crippen LogP contribution in [0.15, 0.2) is 52.6 Å². The van der Waals surface area contributed by atoms with Crippen LogP contribution in [0.1, 0.15) is 23.4 Å². The molecule has 0 fully saturated rings. The van der Waals surface area contributed by atoms with Crippen LogP contribution < -0.4 is 5.32 Å². The van der Waals surface area contributed by atoms with Gasteiger partial charge >= 0.3 is 0 Å². The zero-order valence-electron chi connectivity index (χ0n) is 11.1. The van der Waals surface area contributed by atoms with Crippen LogP contribution >= 0.6 is 27.3 Å². The number of hydrogen-bond donors (Lipinski definition) is 1. The van der Waals surface area contributed by atoms with E-state index in [0.717, 1.165) is 11.0 Å². The first kappa shape index (κ1) is 13.7. The maximum Gasteiger partial charge on any atom is 0.0677 e. The van der Waals surface area contributed by atoms with Crippen molar-refractivity contribution >= 4 is 38.0 Å². The quantitative estimate of drug-likeness (QED) is 0.736. The normalized spacial score (nSPS) is 12.7. The predicted molar refractivity (Wildman–Crippen MR) is 89.3 cm³/mol. The largest absolute Gasteiger partial charge is 0.306 e. The molecule has 20 heavy (non-hydrogen) atoms. The second-order valence-corrected chi connectivity index (χ2v) is 6.46. The lowest BCUT2D eigenvalue weighted by Gasteiger charge is -2.19. The van der Waals surface area contributed by atoms with Gasteiger partial charge in [-0.05, 0) is 45.6 Å². The van der Waals surface area contributed by atoms with Gasteiger partial charge in [-0.25, -0.2) is 0 Å². The molecule has 0 aliphatic heterocycles. The highest BCUT2D eigenvalue weighted by Gasteiger charge is 2.17. The van der Waals surface area contributed by atoms with Crippen molar-refractivity contribution in [3.63, 3.8) is 0 Å². The first-order chi connectivity index (χ1) is 9.79. The van der Waals surface area contributed by atoms with Crippen molar-refractivity contribution in [1.29, 1.82) is 0 Å². The van der Waals surface area contributed by atoms with Crippen molar-refractivity contribution in [2.75, 3.05) is 6.54 Å². The fourth-order valence-corrected chi connectivity index (χ4v) is 3.98. The van der Waals surface area contributed by atoms with E-state index in [4.69, 9.17) is 0 Å². The number of rotatable bonds is 4. The van der Waals surface area contributed by atoms with Gasteiger partial charge in [0.2, 0.25) is 0 Å². The summed E-state index contributed by atoms with van der Waals surface area (Å²) >= 11 is 5.32. The van der Waals surface area contributed by atoms with Crippen molar-refractivity contribution in [3.8, 4) is 0 Å². The molecule has 102 valence electrons. The average molecular weight is 347 g/mol. The minimum absolute atomic E-state index is 0.224. The van der Waals surface area contributed by atoms with Crippen LogP contribution in [0.2, 0.25) is 0 Å². The average Bonchev–Trinajstić information content (AvgIpc) is 2.91. The molecule has 1 atom stereocenters. The predicted octanol–water partition coefficient (Wildman–Crippen LogP) is 4.76. The topological polar surface area (TPSA) is 24.9 Å². The second-order valence-electron chi connectivity index (χ2n) is 4.60. The molecule has 0 spiro atoms. The van der Waals surface area contributed by atoms with Crippen LogP contribution in [0.3, 0.4) is 0 Å². The molecule has 0 aliphatic carbocycles. The molecular weight excluding hydrogens is 332 g/mol. The van der Waals surface area contributed by atoms with Crippen molar-refractivity contribution in [1.82, 2.24) is 10.3 Å². The number of benzene rings is 1. The summed E-state index contributed by atoms with van der Waals surface area (Å²) in [4.78, 5) is 5.53. The Kier molecular flexibility index (Phi) is 4.15. The number of thiophene rings is 1. The molecule has 0 saturated carbocycles. The summed E-state index contributed by atoms with van der Waals surface area (Å²) < 4.78 is 1.14. The van der Waals surface area contributed by atoms with Gasteiger partial charge in [0.1, 0.15) is 0 Å². The van der Waals surface area contributed by atoms with Crippen LogP contribution in [-0.2, 0) is 0 Å². The van der Waals surface area contributed by atoms with Gasteiger partial charge < -0.3 is 5.32 Å². The molecule has 3 rings (SSSR count). The summed E-state index contributed by atoms with van der Waals surface area (Å²) in [6.45, 7) is 3.07. The fourth-order valence-electron chi connectivity index (χ4n) is 2.45. The Hall–Kier alpha value is -1.23. The molecule has 1 unspecified atom stereocenters. The van der Waals surface area contributed by atoms with E-state index in [9.17, 15) is 0 Å². The van der Waals surface area contributed by atoms with E-state index >= 15 is 0 Å². The number of fused-ring (bicyclic) bond motifs is 1. The molecule has 2 heterocycles. The molecule has 2 aromatic heterocycles. The Morgan fingerprint density at radius 1 is 1.35 bits per heavy atom. The molecule has 0 bridgehead atoms. The summed E-state index contributed by atoms with van der Waals surface area (Å²) in [6.07, 6.45) is 3.78. The smallest absolute Gasteiger partial charge is 0.0677 e. The van der Waals surface area contributed by atoms with Crippen molar-refractivity contribution < 1.29 is 0 Å². The van der Waals surface area contributed by atoms with E-state index in [1.165, 1.54) is 21.2 Å². The Labute approximate surface area is 131 Å². The summed E-state index contributed by atoms with van der Waals surface area (Å²) in [5.74, 6) is 0. The lowest BCUT2D eigenvalue weighted by Crippen LogP contribution is -2.21. The zero-order chi connectivity index (χ0) is 13.9. The first-order valence-corrected chi connectivity index (χ1v) is 8.27. The number of nitrogens with one attached hydrogen (secondary N) is 1. The third kappa shape index (κ3) is 2.64. The second kappa shape index (κ2) is 6.04. The Morgan fingerprint density at radius 3 is 3.00 bits per heavy atom. The summed E-state index contributed by atoms with van der Waals surface area (Å²) in [6, 6.07) is 10.9. The van der Waals surface area contributed by atoms with E-state index in [2.05, 4.69) is 68.9 Å². The van der Waals surface area contributed by atoms with Crippen LogP contribution in [0.4, 0.5) is 0 Å². The molecule has 1 aromatic carbocycles. The van der Waals surface area contributed by atoms with Gasteiger partial charge in [0.15, 0.2) is 0 Å². The van der Waals surface area contributed by atoms with E-state index in [-0.39, 0.29) is 6.04 Å². The highest BCUT2D eigenvalue weighted by molar-refractivity contribution is 9.10. The minimum Gasteiger partial charge on any atom is -0.306 e. The number of aromatic nitrogens is 1. The monoisotopic (exact) mass is 346 g/mol. The lowest BCUT2D eigenvalue weighted by molar-refractivity contribution is 0.643. The van der Waals surface area contributed by atoms with E-state index in [1.807, 2.05) is 12.4 Å². The third-order valence-corrected chi connectivity index (χ3v) is 5.06. The molecule has 1 N–H and O–H groups in total. The molecule has 0 amide bonds. The maximum atomic E-state index is 4.21. The molecule has 4 heteroatoms. The molecule has 2 nitrogen and oxygen atoms in total. The highest BCUT2D eigenvalue weighted by Crippen LogP contribution is 2.33. The SMILES string of the molecule is CCNC(c1cc(Br)cs1)c1cccc2cnccc12. The van der Waals surface area contributed by atoms with Crippen LogP contribution in [-0.4, -0.2) is 11.5 Å². The molecule has 3 aromatic rings. The maximum absolute atomic E-state index is 4.21. The zero-order valence-corrected chi connectivity index (χ0v) is 13.5. The van der Waals surface area contributed by atoms with Gasteiger partial charge in [-0.1, -0.05) is 25.1 Å². The van der Waals surface area contributed by atoms with Gasteiger partial charge in [0.25, 0.3) is 0 Å². The standard InChI is InChI=1S/C16H15BrN2S/c1-2-19-16(15-8-12(17)10-20-15)14-5-3-4-11-9-18-7-6-13(11)14/h3-10,16,19H,2H2,1H3. The van der Waals surface area contributed by atoms with Gasteiger partial charge in [-0.15, -0.1) is 11.3 Å². The lowest BCUT2D eigenvalue weighted by atomic mass is 9.99. The Balaban J connectivity index is 2.14. The van der Waals surface area contributed by atoms with Crippen LogP contribution in [0, 0.1) is 0 Å². The highest BCUT2D eigenvalue weighted by atomic mass is 79.9. The van der Waals surface area contributed by atoms with Crippen LogP contribution in [0.5, 0.6) is 0 Å². The Bertz CT molecular complexity index is 718. The van der Waals surface area contributed by atoms with Gasteiger partial charge in [0, 0.05) is 32.5 Å². The fraction of sp³-hybridized carbons (Fsp3) is 0.188. The molecule has 0 radical (unpaired) electrons. The first-order valence-electron chi connectivity index (χ1n) is 6.59. The molecule has 0 aliphatic rings. The van der Waals surface area contributed by atoms with Crippen LogP contribution in [0.25, 0.3) is 10.8 Å². The summed E-state index contributed by atoms with van der Waals surface area (Å²) in [5, 5.41) is 8.17. The number of halogens is 1.